The van der Waals surface area contributed by atoms with E-state index in [-0.39, 0.29) is 0 Å². The number of rotatable bonds is 2. The Hall–Kier alpha value is -1.01. The predicted molar refractivity (Wildman–Crippen MR) is 59.4 cm³/mol. The second-order valence-corrected chi connectivity index (χ2v) is 4.25. The van der Waals surface area contributed by atoms with Crippen molar-refractivity contribution in [3.63, 3.8) is 0 Å². The van der Waals surface area contributed by atoms with Crippen molar-refractivity contribution in [3.05, 3.63) is 12.1 Å². The van der Waals surface area contributed by atoms with Crippen LogP contribution >= 0.6 is 11.8 Å². The minimum Gasteiger partial charge on any atom is -0.353 e. The molecule has 5 nitrogen and oxygen atoms in total. The van der Waals surface area contributed by atoms with Gasteiger partial charge in [0.1, 0.15) is 0 Å². The second kappa shape index (κ2) is 4.47. The van der Waals surface area contributed by atoms with Gasteiger partial charge in [-0.3, -0.25) is 0 Å². The highest BCUT2D eigenvalue weighted by atomic mass is 32.2. The van der Waals surface area contributed by atoms with E-state index >= 15 is 0 Å². The van der Waals surface area contributed by atoms with E-state index in [1.807, 2.05) is 23.9 Å². The largest absolute Gasteiger partial charge is 0.353 e. The highest BCUT2D eigenvalue weighted by molar-refractivity contribution is 7.99. The van der Waals surface area contributed by atoms with Gasteiger partial charge in [0, 0.05) is 24.6 Å². The Morgan fingerprint density at radius 2 is 2.07 bits per heavy atom. The number of thioether (sulfide) groups is 1. The quantitative estimate of drug-likeness (QED) is 0.542. The van der Waals surface area contributed by atoms with Crippen molar-refractivity contribution in [1.82, 2.24) is 10.2 Å². The van der Waals surface area contributed by atoms with Gasteiger partial charge in [0.25, 0.3) is 0 Å². The van der Waals surface area contributed by atoms with Crippen LogP contribution in [0.25, 0.3) is 0 Å². The molecule has 1 saturated heterocycles. The Bertz CT molecular complexity index is 282. The lowest BCUT2D eigenvalue weighted by Gasteiger charge is -2.26. The summed E-state index contributed by atoms with van der Waals surface area (Å²) in [5.41, 5.74) is 2.46. The van der Waals surface area contributed by atoms with Gasteiger partial charge in [-0.1, -0.05) is 0 Å². The number of anilines is 2. The highest BCUT2D eigenvalue weighted by Gasteiger charge is 2.12. The molecule has 0 aliphatic carbocycles. The van der Waals surface area contributed by atoms with Crippen molar-refractivity contribution >= 4 is 23.4 Å². The molecule has 76 valence electrons. The zero-order valence-electron chi connectivity index (χ0n) is 7.81. The summed E-state index contributed by atoms with van der Waals surface area (Å²) in [6.07, 6.45) is 0. The number of nitrogens with one attached hydrogen (secondary N) is 1. The van der Waals surface area contributed by atoms with Gasteiger partial charge < -0.3 is 10.3 Å². The van der Waals surface area contributed by atoms with Crippen molar-refractivity contribution in [2.45, 2.75) is 0 Å². The van der Waals surface area contributed by atoms with Crippen molar-refractivity contribution < 1.29 is 0 Å². The van der Waals surface area contributed by atoms with E-state index < -0.39 is 0 Å². The van der Waals surface area contributed by atoms with Crippen LogP contribution in [0.5, 0.6) is 0 Å². The maximum atomic E-state index is 5.21. The third-order valence-electron chi connectivity index (χ3n) is 2.13. The Balaban J connectivity index is 2.07. The molecule has 0 spiro atoms. The van der Waals surface area contributed by atoms with Crippen molar-refractivity contribution in [2.75, 3.05) is 34.9 Å². The topological polar surface area (TPSA) is 67.1 Å². The molecule has 1 aromatic heterocycles. The summed E-state index contributed by atoms with van der Waals surface area (Å²) in [6, 6.07) is 3.78. The number of aromatic nitrogens is 2. The summed E-state index contributed by atoms with van der Waals surface area (Å²) < 4.78 is 0. The first-order valence-corrected chi connectivity index (χ1v) is 5.68. The fraction of sp³-hybridized carbons (Fsp3) is 0.500. The maximum Gasteiger partial charge on any atom is 0.162 e. The van der Waals surface area contributed by atoms with E-state index in [0.29, 0.717) is 5.82 Å². The van der Waals surface area contributed by atoms with Gasteiger partial charge in [-0.05, 0) is 12.1 Å². The number of hydrogen-bond acceptors (Lipinski definition) is 6. The fourth-order valence-electron chi connectivity index (χ4n) is 1.36. The molecule has 0 aromatic carbocycles. The minimum atomic E-state index is 0.597. The van der Waals surface area contributed by atoms with Gasteiger partial charge in [0.05, 0.1) is 0 Å². The standard InChI is InChI=1S/C8H13N5S/c9-10-7-1-2-8(12-11-7)13-3-5-14-6-4-13/h1-2H,3-6,9H2,(H,10,11). The van der Waals surface area contributed by atoms with Crippen LogP contribution in [0, 0.1) is 0 Å². The molecular formula is C8H13N5S. The number of nitrogens with zero attached hydrogens (tertiary/aromatic N) is 3. The molecule has 0 unspecified atom stereocenters. The zero-order chi connectivity index (χ0) is 9.80. The van der Waals surface area contributed by atoms with Gasteiger partial charge in [-0.2, -0.15) is 11.8 Å². The summed E-state index contributed by atoms with van der Waals surface area (Å²) in [6.45, 7) is 2.10. The van der Waals surface area contributed by atoms with Crippen LogP contribution in [0.4, 0.5) is 11.6 Å². The number of nitrogens with two attached hydrogens (primary N) is 1. The molecule has 2 rings (SSSR count). The van der Waals surface area contributed by atoms with Crippen LogP contribution in [0.1, 0.15) is 0 Å². The van der Waals surface area contributed by atoms with Crippen LogP contribution in [-0.2, 0) is 0 Å². The summed E-state index contributed by atoms with van der Waals surface area (Å²) in [7, 11) is 0. The second-order valence-electron chi connectivity index (χ2n) is 3.02. The smallest absolute Gasteiger partial charge is 0.162 e. The number of hydrogen-bond donors (Lipinski definition) is 2. The Kier molecular flexibility index (Phi) is 3.05. The molecule has 6 heteroatoms. The van der Waals surface area contributed by atoms with Crippen LogP contribution in [0.15, 0.2) is 12.1 Å². The zero-order valence-corrected chi connectivity index (χ0v) is 8.63. The molecule has 14 heavy (non-hydrogen) atoms. The summed E-state index contributed by atoms with van der Waals surface area (Å²) in [5, 5.41) is 8.04. The maximum absolute atomic E-state index is 5.21. The average Bonchev–Trinajstić information content (AvgIpc) is 2.30. The van der Waals surface area contributed by atoms with Crippen LogP contribution in [-0.4, -0.2) is 34.8 Å². The lowest BCUT2D eigenvalue weighted by Crippen LogP contribution is -2.33. The number of hydrazine groups is 1. The van der Waals surface area contributed by atoms with E-state index in [2.05, 4.69) is 20.5 Å². The van der Waals surface area contributed by atoms with Gasteiger partial charge in [0.2, 0.25) is 0 Å². The summed E-state index contributed by atoms with van der Waals surface area (Å²) in [4.78, 5) is 2.24. The number of nitrogen functional groups attached to an aromatic ring is 1. The molecule has 1 fully saturated rings. The molecule has 1 aliphatic rings. The Morgan fingerprint density at radius 1 is 1.29 bits per heavy atom. The van der Waals surface area contributed by atoms with Gasteiger partial charge in [-0.15, -0.1) is 10.2 Å². The predicted octanol–water partition coefficient (Wildman–Crippen LogP) is 0.315. The molecule has 0 saturated carbocycles. The SMILES string of the molecule is NNc1ccc(N2CCSCC2)nn1. The van der Waals surface area contributed by atoms with Crippen LogP contribution in [0.3, 0.4) is 0 Å². The van der Waals surface area contributed by atoms with E-state index in [1.165, 1.54) is 11.5 Å². The lowest BCUT2D eigenvalue weighted by atomic mass is 10.4. The lowest BCUT2D eigenvalue weighted by molar-refractivity contribution is 0.819. The molecule has 0 bridgehead atoms. The van der Waals surface area contributed by atoms with Gasteiger partial charge in [0.15, 0.2) is 11.6 Å². The third-order valence-corrected chi connectivity index (χ3v) is 3.08. The summed E-state index contributed by atoms with van der Waals surface area (Å²) >= 11 is 1.98. The molecule has 3 N–H and O–H groups in total. The average molecular weight is 211 g/mol. The van der Waals surface area contributed by atoms with Crippen molar-refractivity contribution in [1.29, 1.82) is 0 Å². The molecule has 0 amide bonds. The van der Waals surface area contributed by atoms with Crippen molar-refractivity contribution in [3.8, 4) is 0 Å². The van der Waals surface area contributed by atoms with Gasteiger partial charge >= 0.3 is 0 Å². The normalized spacial score (nSPS) is 16.8. The molecule has 1 aromatic rings. The molecule has 2 heterocycles. The van der Waals surface area contributed by atoms with Crippen molar-refractivity contribution in [2.24, 2.45) is 5.84 Å². The van der Waals surface area contributed by atoms with Crippen LogP contribution < -0.4 is 16.2 Å². The molecule has 0 radical (unpaired) electrons. The first-order chi connectivity index (χ1) is 6.90. The molecule has 0 atom stereocenters. The molecule has 1 aliphatic heterocycles. The van der Waals surface area contributed by atoms with Gasteiger partial charge in [-0.25, -0.2) is 5.84 Å². The van der Waals surface area contributed by atoms with E-state index in [4.69, 9.17) is 5.84 Å². The highest BCUT2D eigenvalue weighted by Crippen LogP contribution is 2.16. The minimum absolute atomic E-state index is 0.597. The Labute approximate surface area is 87.0 Å². The third kappa shape index (κ3) is 2.08. The summed E-state index contributed by atoms with van der Waals surface area (Å²) in [5.74, 6) is 9.07. The van der Waals surface area contributed by atoms with E-state index in [1.54, 1.807) is 0 Å². The van der Waals surface area contributed by atoms with E-state index in [9.17, 15) is 0 Å². The van der Waals surface area contributed by atoms with Crippen LogP contribution in [0.2, 0.25) is 0 Å². The first-order valence-electron chi connectivity index (χ1n) is 4.53. The fourth-order valence-corrected chi connectivity index (χ4v) is 2.27. The molecular weight excluding hydrogens is 198 g/mol. The monoisotopic (exact) mass is 211 g/mol. The van der Waals surface area contributed by atoms with E-state index in [0.717, 1.165) is 18.9 Å². The first kappa shape index (κ1) is 9.54. The Morgan fingerprint density at radius 3 is 2.64 bits per heavy atom.